The lowest BCUT2D eigenvalue weighted by Crippen LogP contribution is -2.26. The van der Waals surface area contributed by atoms with Crippen molar-refractivity contribution in [3.8, 4) is 0 Å². The predicted molar refractivity (Wildman–Crippen MR) is 98.9 cm³/mol. The predicted octanol–water partition coefficient (Wildman–Crippen LogP) is 0.941. The third-order valence-corrected chi connectivity index (χ3v) is 4.06. The van der Waals surface area contributed by atoms with Crippen LogP contribution in [0.2, 0.25) is 0 Å². The average molecular weight is 381 g/mol. The van der Waals surface area contributed by atoms with E-state index in [0.29, 0.717) is 6.42 Å². The maximum absolute atomic E-state index is 11.7. The van der Waals surface area contributed by atoms with Crippen LogP contribution in [0, 0.1) is 0 Å². The molecule has 1 unspecified atom stereocenters. The average Bonchev–Trinajstić information content (AvgIpc) is 3.05. The Morgan fingerprint density at radius 3 is 2.89 bits per heavy atom. The minimum Gasteiger partial charge on any atom is -0.463 e. The van der Waals surface area contributed by atoms with Crippen molar-refractivity contribution in [2.45, 2.75) is 58.3 Å². The van der Waals surface area contributed by atoms with Gasteiger partial charge >= 0.3 is 5.97 Å². The topological polar surface area (TPSA) is 145 Å². The number of carbonyl (C=O) groups is 1. The van der Waals surface area contributed by atoms with E-state index in [0.717, 1.165) is 25.7 Å². The summed E-state index contributed by atoms with van der Waals surface area (Å²) in [5.41, 5.74) is 5.51. The molecule has 0 aliphatic heterocycles. The van der Waals surface area contributed by atoms with Gasteiger partial charge in [-0.15, -0.1) is 0 Å². The molecule has 10 heteroatoms. The molecule has 2 rings (SSSR count). The highest BCUT2D eigenvalue weighted by molar-refractivity contribution is 5.70. The number of nitrogens with one attached hydrogen (secondary N) is 1. The second-order valence-electron chi connectivity index (χ2n) is 6.29. The summed E-state index contributed by atoms with van der Waals surface area (Å²) in [5.74, 6) is -0.330. The molecule has 10 nitrogen and oxygen atoms in total. The van der Waals surface area contributed by atoms with Crippen LogP contribution in [-0.4, -0.2) is 49.9 Å². The number of aliphatic hydroxyl groups is 1. The Morgan fingerprint density at radius 1 is 1.37 bits per heavy atom. The van der Waals surface area contributed by atoms with Gasteiger partial charge in [-0.05, 0) is 6.42 Å². The Bertz CT molecular complexity index is 788. The first kappa shape index (κ1) is 20.8. The summed E-state index contributed by atoms with van der Waals surface area (Å²) >= 11 is 0. The summed E-state index contributed by atoms with van der Waals surface area (Å²) in [6, 6.07) is 0. The Morgan fingerprint density at radius 2 is 2.15 bits per heavy atom. The zero-order chi connectivity index (χ0) is 19.6. The summed E-state index contributed by atoms with van der Waals surface area (Å²) in [6.45, 7) is 1.75. The van der Waals surface area contributed by atoms with Crippen LogP contribution >= 0.6 is 0 Å². The van der Waals surface area contributed by atoms with Gasteiger partial charge in [-0.25, -0.2) is 4.98 Å². The number of esters is 1. The summed E-state index contributed by atoms with van der Waals surface area (Å²) in [4.78, 5) is 33.8. The number of ether oxygens (including phenoxy) is 2. The zero-order valence-corrected chi connectivity index (χ0v) is 15.5. The number of aromatic nitrogens is 4. The van der Waals surface area contributed by atoms with E-state index in [9.17, 15) is 14.7 Å². The van der Waals surface area contributed by atoms with Crippen LogP contribution in [0.1, 0.15) is 45.4 Å². The molecular formula is C17H27N5O5. The van der Waals surface area contributed by atoms with E-state index in [1.54, 1.807) is 0 Å². The number of H-pyrrole nitrogens is 1. The number of nitrogens with zero attached hydrogens (tertiary/aromatic N) is 3. The number of imidazole rings is 1. The van der Waals surface area contributed by atoms with Crippen molar-refractivity contribution in [2.75, 3.05) is 18.9 Å². The van der Waals surface area contributed by atoms with Crippen molar-refractivity contribution in [3.63, 3.8) is 0 Å². The highest BCUT2D eigenvalue weighted by atomic mass is 16.6. The molecule has 2 aromatic rings. The number of aromatic amines is 1. The maximum Gasteiger partial charge on any atom is 0.305 e. The van der Waals surface area contributed by atoms with Crippen molar-refractivity contribution >= 4 is 23.1 Å². The molecule has 0 spiro atoms. The second kappa shape index (κ2) is 10.6. The SMILES string of the molecule is CCCCCCCC(=O)OCC(CO)OCn1cnc2c(=O)[nH]c(N)nc21. The van der Waals surface area contributed by atoms with Crippen LogP contribution in [0.25, 0.3) is 11.2 Å². The van der Waals surface area contributed by atoms with Gasteiger partial charge < -0.3 is 20.3 Å². The molecule has 27 heavy (non-hydrogen) atoms. The lowest BCUT2D eigenvalue weighted by molar-refractivity contribution is -0.150. The van der Waals surface area contributed by atoms with Crippen LogP contribution in [0.5, 0.6) is 0 Å². The first-order valence-corrected chi connectivity index (χ1v) is 9.13. The highest BCUT2D eigenvalue weighted by Crippen LogP contribution is 2.09. The lowest BCUT2D eigenvalue weighted by Gasteiger charge is -2.16. The molecule has 1 atom stereocenters. The number of unbranched alkanes of at least 4 members (excludes halogenated alkanes) is 4. The number of nitrogens with two attached hydrogens (primary N) is 1. The number of fused-ring (bicyclic) bond motifs is 1. The van der Waals surface area contributed by atoms with Crippen LogP contribution in [-0.2, 0) is 21.0 Å². The van der Waals surface area contributed by atoms with Gasteiger partial charge in [-0.2, -0.15) is 4.98 Å². The summed E-state index contributed by atoms with van der Waals surface area (Å²) in [6.07, 6.45) is 6.31. The molecule has 4 N–H and O–H groups in total. The van der Waals surface area contributed by atoms with Gasteiger partial charge in [-0.1, -0.05) is 32.6 Å². The Labute approximate surface area is 156 Å². The van der Waals surface area contributed by atoms with E-state index in [1.165, 1.54) is 17.3 Å². The van der Waals surface area contributed by atoms with Gasteiger partial charge in [0.05, 0.1) is 12.9 Å². The van der Waals surface area contributed by atoms with Crippen LogP contribution in [0.4, 0.5) is 5.95 Å². The van der Waals surface area contributed by atoms with Crippen molar-refractivity contribution < 1.29 is 19.4 Å². The van der Waals surface area contributed by atoms with Gasteiger partial charge in [0, 0.05) is 6.42 Å². The van der Waals surface area contributed by atoms with Crippen molar-refractivity contribution in [3.05, 3.63) is 16.7 Å². The van der Waals surface area contributed by atoms with Crippen molar-refractivity contribution in [2.24, 2.45) is 0 Å². The number of nitrogen functional groups attached to an aromatic ring is 1. The van der Waals surface area contributed by atoms with Gasteiger partial charge in [-0.3, -0.25) is 19.1 Å². The Kier molecular flexibility index (Phi) is 8.21. The number of aliphatic hydroxyl groups excluding tert-OH is 1. The fourth-order valence-electron chi connectivity index (χ4n) is 2.54. The summed E-state index contributed by atoms with van der Waals surface area (Å²) in [5, 5.41) is 9.41. The van der Waals surface area contributed by atoms with Crippen molar-refractivity contribution in [1.29, 1.82) is 0 Å². The first-order chi connectivity index (χ1) is 13.0. The van der Waals surface area contributed by atoms with Crippen molar-refractivity contribution in [1.82, 2.24) is 19.5 Å². The fourth-order valence-corrected chi connectivity index (χ4v) is 2.54. The summed E-state index contributed by atoms with van der Waals surface area (Å²) in [7, 11) is 0. The van der Waals surface area contributed by atoms with Gasteiger partial charge in [0.2, 0.25) is 5.95 Å². The van der Waals surface area contributed by atoms with E-state index in [-0.39, 0.29) is 43.0 Å². The maximum atomic E-state index is 11.7. The van der Waals surface area contributed by atoms with E-state index in [1.807, 2.05) is 0 Å². The molecule has 0 aliphatic rings. The van der Waals surface area contributed by atoms with E-state index < -0.39 is 11.7 Å². The van der Waals surface area contributed by atoms with Gasteiger partial charge in [0.1, 0.15) is 19.4 Å². The molecule has 0 saturated heterocycles. The van der Waals surface area contributed by atoms with E-state index in [4.69, 9.17) is 15.2 Å². The molecule has 2 heterocycles. The molecule has 0 saturated carbocycles. The Hall–Kier alpha value is -2.46. The molecule has 0 aliphatic carbocycles. The molecule has 0 aromatic carbocycles. The number of carbonyl (C=O) groups excluding carboxylic acids is 1. The molecule has 0 radical (unpaired) electrons. The number of anilines is 1. The molecule has 0 fully saturated rings. The lowest BCUT2D eigenvalue weighted by atomic mass is 10.1. The number of hydrogen-bond donors (Lipinski definition) is 3. The van der Waals surface area contributed by atoms with Gasteiger partial charge in [0.25, 0.3) is 5.56 Å². The monoisotopic (exact) mass is 381 g/mol. The fraction of sp³-hybridized carbons (Fsp3) is 0.647. The van der Waals surface area contributed by atoms with Crippen LogP contribution in [0.15, 0.2) is 11.1 Å². The number of rotatable bonds is 12. The zero-order valence-electron chi connectivity index (χ0n) is 15.5. The van der Waals surface area contributed by atoms with E-state index >= 15 is 0 Å². The van der Waals surface area contributed by atoms with Gasteiger partial charge in [0.15, 0.2) is 11.2 Å². The Balaban J connectivity index is 1.79. The molecule has 150 valence electrons. The molecule has 2 aromatic heterocycles. The van der Waals surface area contributed by atoms with E-state index in [2.05, 4.69) is 21.9 Å². The molecule has 0 bridgehead atoms. The standard InChI is InChI=1S/C17H27N5O5/c1-2-3-4-5-6-7-13(24)26-9-12(8-23)27-11-22-10-19-14-15(22)20-17(18)21-16(14)25/h10,12,23H,2-9,11H2,1H3,(H3,18,20,21,25). The smallest absolute Gasteiger partial charge is 0.305 e. The second-order valence-corrected chi connectivity index (χ2v) is 6.29. The largest absolute Gasteiger partial charge is 0.463 e. The minimum atomic E-state index is -0.689. The normalized spacial score (nSPS) is 12.4. The van der Waals surface area contributed by atoms with Crippen LogP contribution in [0.3, 0.4) is 0 Å². The molecular weight excluding hydrogens is 354 g/mol. The first-order valence-electron chi connectivity index (χ1n) is 9.13. The highest BCUT2D eigenvalue weighted by Gasteiger charge is 2.14. The summed E-state index contributed by atoms with van der Waals surface area (Å²) < 4.78 is 12.2. The molecule has 0 amide bonds. The number of hydrogen-bond acceptors (Lipinski definition) is 8. The third kappa shape index (κ3) is 6.33. The van der Waals surface area contributed by atoms with Crippen LogP contribution < -0.4 is 11.3 Å². The quantitative estimate of drug-likeness (QED) is 0.364. The third-order valence-electron chi connectivity index (χ3n) is 4.06. The minimum absolute atomic E-state index is 0.0216.